The number of phenols is 1. The van der Waals surface area contributed by atoms with Crippen LogP contribution in [-0.2, 0) is 13.1 Å². The van der Waals surface area contributed by atoms with Gasteiger partial charge in [-0.05, 0) is 47.5 Å². The van der Waals surface area contributed by atoms with Gasteiger partial charge in [0.05, 0.1) is 25.5 Å². The summed E-state index contributed by atoms with van der Waals surface area (Å²) in [4.78, 5) is 15.0. The summed E-state index contributed by atoms with van der Waals surface area (Å²) >= 11 is 18.8. The van der Waals surface area contributed by atoms with Gasteiger partial charge in [0, 0.05) is 12.1 Å². The van der Waals surface area contributed by atoms with Crippen molar-refractivity contribution in [3.05, 3.63) is 121 Å². The van der Waals surface area contributed by atoms with Crippen LogP contribution >= 0.6 is 70.5 Å². The Balaban J connectivity index is 0.000000229. The Morgan fingerprint density at radius 2 is 1.18 bits per heavy atom. The van der Waals surface area contributed by atoms with Gasteiger partial charge in [0.25, 0.3) is 0 Å². The molecule has 50 heavy (non-hydrogen) atoms. The summed E-state index contributed by atoms with van der Waals surface area (Å²) in [6.07, 6.45) is 6.13. The minimum absolute atomic E-state index is 0.0568. The molecule has 0 fully saturated rings. The molecular formula is C30H26BBr3Cl2F2N8O4. The normalized spacial score (nSPS) is 9.92. The lowest BCUT2D eigenvalue weighted by Gasteiger charge is -2.11. The predicted molar refractivity (Wildman–Crippen MR) is 197 cm³/mol. The van der Waals surface area contributed by atoms with Crippen LogP contribution in [0.5, 0.6) is 34.8 Å². The smallest absolute Gasteiger partial charge is 0.369 e. The van der Waals surface area contributed by atoms with Gasteiger partial charge in [0.15, 0.2) is 23.0 Å². The molecule has 0 saturated carbocycles. The van der Waals surface area contributed by atoms with E-state index in [-0.39, 0.29) is 31.8 Å². The molecule has 6 rings (SSSR count). The van der Waals surface area contributed by atoms with Gasteiger partial charge in [-0.1, -0.05) is 24.3 Å². The molecule has 0 unspecified atom stereocenters. The third kappa shape index (κ3) is 15.0. The molecule has 12 nitrogen and oxygen atoms in total. The van der Waals surface area contributed by atoms with E-state index in [0.29, 0.717) is 24.6 Å². The highest BCUT2D eigenvalue weighted by molar-refractivity contribution is 9.69. The number of phenolic OH excluding ortho intramolecular Hbond substituents is 1. The van der Waals surface area contributed by atoms with E-state index in [9.17, 15) is 13.9 Å². The second-order valence-electron chi connectivity index (χ2n) is 9.12. The van der Waals surface area contributed by atoms with Crippen molar-refractivity contribution in [2.75, 3.05) is 12.4 Å². The molecule has 0 aliphatic carbocycles. The lowest BCUT2D eigenvalue weighted by atomic mass is 10.2. The van der Waals surface area contributed by atoms with E-state index in [1.165, 1.54) is 43.0 Å². The van der Waals surface area contributed by atoms with Gasteiger partial charge in [0.1, 0.15) is 25.3 Å². The van der Waals surface area contributed by atoms with Gasteiger partial charge in [-0.2, -0.15) is 28.9 Å². The minimum atomic E-state index is -0.644. The molecule has 0 saturated heterocycles. The average Bonchev–Trinajstić information content (AvgIpc) is 3.79. The van der Waals surface area contributed by atoms with Crippen LogP contribution in [0.2, 0.25) is 0 Å². The van der Waals surface area contributed by atoms with Crippen molar-refractivity contribution in [3.63, 3.8) is 0 Å². The van der Waals surface area contributed by atoms with Crippen molar-refractivity contribution >= 4 is 73.7 Å². The fraction of sp³-hybridized carbons (Fsp3) is 0.133. The Bertz CT molecular complexity index is 1870. The molecule has 0 amide bonds. The molecule has 6 aromatic rings. The summed E-state index contributed by atoms with van der Waals surface area (Å²) < 4.78 is 45.9. The molecule has 2 aromatic carbocycles. The number of nitrogens with zero attached hydrogens (tertiary/aromatic N) is 8. The summed E-state index contributed by atoms with van der Waals surface area (Å²) in [5.41, 5.74) is 1.81. The van der Waals surface area contributed by atoms with E-state index in [1.807, 2.05) is 12.1 Å². The largest absolute Gasteiger partial charge is 0.504 e. The van der Waals surface area contributed by atoms with Gasteiger partial charge in [-0.25, -0.2) is 19.3 Å². The van der Waals surface area contributed by atoms with Crippen molar-refractivity contribution in [2.24, 2.45) is 0 Å². The standard InChI is InChI=1S/C15H13FN4O2.C14H11FN4O2.CH2Cl2.BBr3/c1-21-13-7-11(8-20-10-17-9-18-20)5-6-12(13)22-15-4-2-3-14(16)19-15;15-13-2-1-3-14(18-13)21-12-5-4-10(6-11(12)20)7-19-9-16-8-17-19;2-1-3;2-1(3)4/h2-7,9-10H,8H2,1H3;1-6,8-9,20H,7H2;1H2;. The van der Waals surface area contributed by atoms with E-state index < -0.39 is 11.9 Å². The average molecular weight is 922 g/mol. The zero-order chi connectivity index (χ0) is 36.3. The molecule has 4 aromatic heterocycles. The fourth-order valence-electron chi connectivity index (χ4n) is 3.76. The molecule has 0 aliphatic rings. The number of hydrogen-bond acceptors (Lipinski definition) is 10. The van der Waals surface area contributed by atoms with Crippen molar-refractivity contribution in [3.8, 4) is 34.8 Å². The van der Waals surface area contributed by atoms with Crippen molar-refractivity contribution in [1.82, 2.24) is 39.5 Å². The van der Waals surface area contributed by atoms with Crippen LogP contribution in [0.4, 0.5) is 8.78 Å². The Morgan fingerprint density at radius 1 is 0.720 bits per heavy atom. The number of aromatic nitrogens is 8. The van der Waals surface area contributed by atoms with E-state index in [2.05, 4.69) is 77.4 Å². The summed E-state index contributed by atoms with van der Waals surface area (Å²) in [6, 6.07) is 18.9. The number of hydrogen-bond donors (Lipinski definition) is 1. The highest BCUT2D eigenvalue weighted by atomic mass is 79.9. The highest BCUT2D eigenvalue weighted by Gasteiger charge is 2.10. The number of rotatable bonds is 9. The Labute approximate surface area is 320 Å². The van der Waals surface area contributed by atoms with E-state index in [4.69, 9.17) is 37.4 Å². The maximum Gasteiger partial charge on any atom is 0.369 e. The molecule has 262 valence electrons. The summed E-state index contributed by atoms with van der Waals surface area (Å²) in [6.45, 7) is 1.04. The Morgan fingerprint density at radius 3 is 1.60 bits per heavy atom. The SMILES string of the molecule is BrB(Br)Br.COc1cc(Cn2cncn2)ccc1Oc1cccc(F)n1.ClCCl.Oc1cc(Cn2cncn2)ccc1Oc1cccc(F)n1. The summed E-state index contributed by atoms with van der Waals surface area (Å²) in [7, 11) is 1.54. The Kier molecular flexibility index (Phi) is 17.9. The molecular weight excluding hydrogens is 896 g/mol. The van der Waals surface area contributed by atoms with E-state index in [1.54, 1.807) is 59.5 Å². The lowest BCUT2D eigenvalue weighted by Crippen LogP contribution is -2.01. The molecule has 1 N–H and O–H groups in total. The van der Waals surface area contributed by atoms with Crippen LogP contribution in [0, 0.1) is 11.9 Å². The monoisotopic (exact) mass is 918 g/mol. The van der Waals surface area contributed by atoms with E-state index in [0.717, 1.165) is 11.1 Å². The number of methoxy groups -OCH3 is 1. The Hall–Kier alpha value is -3.84. The maximum absolute atomic E-state index is 13.1. The third-order valence-electron chi connectivity index (χ3n) is 5.68. The highest BCUT2D eigenvalue weighted by Crippen LogP contribution is 2.32. The van der Waals surface area contributed by atoms with Gasteiger partial charge < -0.3 is 19.3 Å². The topological polar surface area (TPSA) is 135 Å². The third-order valence-corrected chi connectivity index (χ3v) is 5.68. The quantitative estimate of drug-likeness (QED) is 0.0854. The van der Waals surface area contributed by atoms with Crippen LogP contribution < -0.4 is 14.2 Å². The molecule has 4 heterocycles. The number of pyridine rings is 2. The summed E-state index contributed by atoms with van der Waals surface area (Å²) in [5.74, 6) is 0.145. The minimum Gasteiger partial charge on any atom is -0.504 e. The number of ether oxygens (including phenoxy) is 3. The lowest BCUT2D eigenvalue weighted by molar-refractivity contribution is 0.370. The molecule has 0 bridgehead atoms. The first-order valence-electron chi connectivity index (χ1n) is 13.9. The second kappa shape index (κ2) is 22.1. The molecule has 0 radical (unpaired) electrons. The number of alkyl halides is 2. The summed E-state index contributed by atoms with van der Waals surface area (Å²) in [5, 5.41) is 18.2. The van der Waals surface area contributed by atoms with Gasteiger partial charge in [0.2, 0.25) is 23.7 Å². The van der Waals surface area contributed by atoms with Crippen LogP contribution in [-0.4, -0.2) is 60.2 Å². The van der Waals surface area contributed by atoms with Crippen molar-refractivity contribution < 1.29 is 28.1 Å². The van der Waals surface area contributed by atoms with Gasteiger partial charge >= 0.3 is 3.18 Å². The molecule has 20 heteroatoms. The van der Waals surface area contributed by atoms with Crippen LogP contribution in [0.3, 0.4) is 0 Å². The van der Waals surface area contributed by atoms with E-state index >= 15 is 0 Å². The number of halogens is 7. The molecule has 0 aliphatic heterocycles. The first kappa shape index (κ1) is 40.6. The first-order valence-corrected chi connectivity index (χ1v) is 17.7. The van der Waals surface area contributed by atoms with Crippen molar-refractivity contribution in [2.45, 2.75) is 13.1 Å². The number of aromatic hydroxyl groups is 1. The zero-order valence-electron chi connectivity index (χ0n) is 25.8. The van der Waals surface area contributed by atoms with Crippen LogP contribution in [0.15, 0.2) is 98.1 Å². The zero-order valence-corrected chi connectivity index (χ0v) is 32.1. The van der Waals surface area contributed by atoms with Gasteiger partial charge in [-0.3, -0.25) is 0 Å². The van der Waals surface area contributed by atoms with Crippen molar-refractivity contribution in [1.29, 1.82) is 0 Å². The number of benzene rings is 2. The van der Waals surface area contributed by atoms with Gasteiger partial charge in [-0.15, -0.1) is 70.5 Å². The maximum atomic E-state index is 13.1. The fourth-order valence-corrected chi connectivity index (χ4v) is 3.76. The van der Waals surface area contributed by atoms with Crippen LogP contribution in [0.25, 0.3) is 0 Å². The first-order chi connectivity index (χ1) is 24.1. The second-order valence-corrected chi connectivity index (χ2v) is 16.4. The molecule has 0 spiro atoms. The predicted octanol–water partition coefficient (Wildman–Crippen LogP) is 8.60. The van der Waals surface area contributed by atoms with Crippen LogP contribution in [0.1, 0.15) is 11.1 Å². The molecule has 0 atom stereocenters.